The molecule has 0 aromatic carbocycles. The van der Waals surface area contributed by atoms with Gasteiger partial charge in [-0.05, 0) is 13.8 Å². The second kappa shape index (κ2) is 4.53. The van der Waals surface area contributed by atoms with Crippen LogP contribution >= 0.6 is 0 Å². The van der Waals surface area contributed by atoms with Crippen LogP contribution in [0.15, 0.2) is 12.4 Å². The number of nitrogens with one attached hydrogen (secondary N) is 1. The van der Waals surface area contributed by atoms with Gasteiger partial charge in [-0.1, -0.05) is 0 Å². The maximum absolute atomic E-state index is 8.75. The first-order valence-corrected chi connectivity index (χ1v) is 4.38. The summed E-state index contributed by atoms with van der Waals surface area (Å²) in [7, 11) is 0. The van der Waals surface area contributed by atoms with Crippen LogP contribution in [-0.4, -0.2) is 22.1 Å². The lowest BCUT2D eigenvalue weighted by atomic mass is 10.2. The highest BCUT2D eigenvalue weighted by molar-refractivity contribution is 5.47. The number of hydrogen-bond acceptors (Lipinski definition) is 5. The molecule has 0 aliphatic carbocycles. The molecular weight excluding hydrogens is 178 g/mol. The smallest absolute Gasteiger partial charge is 0.182 e. The van der Waals surface area contributed by atoms with E-state index in [1.54, 1.807) is 0 Å². The third-order valence-corrected chi connectivity index (χ3v) is 1.96. The van der Waals surface area contributed by atoms with Crippen molar-refractivity contribution < 1.29 is 0 Å². The van der Waals surface area contributed by atoms with E-state index >= 15 is 0 Å². The predicted octanol–water partition coefficient (Wildman–Crippen LogP) is 0.496. The lowest BCUT2D eigenvalue weighted by Gasteiger charge is -2.17. The highest BCUT2D eigenvalue weighted by atomic mass is 15.0. The van der Waals surface area contributed by atoms with Gasteiger partial charge in [0.2, 0.25) is 0 Å². The lowest BCUT2D eigenvalue weighted by Crippen LogP contribution is -2.35. The van der Waals surface area contributed by atoms with Crippen molar-refractivity contribution in [1.82, 2.24) is 9.97 Å². The Hall–Kier alpha value is -1.67. The Kier molecular flexibility index (Phi) is 3.37. The fraction of sp³-hybridized carbons (Fsp3) is 0.444. The zero-order chi connectivity index (χ0) is 10.6. The van der Waals surface area contributed by atoms with Crippen molar-refractivity contribution in [2.24, 2.45) is 5.73 Å². The van der Waals surface area contributed by atoms with Gasteiger partial charge in [0.25, 0.3) is 0 Å². The van der Waals surface area contributed by atoms with Gasteiger partial charge >= 0.3 is 0 Å². The van der Waals surface area contributed by atoms with E-state index in [-0.39, 0.29) is 12.1 Å². The van der Waals surface area contributed by atoms with Crippen LogP contribution < -0.4 is 11.1 Å². The van der Waals surface area contributed by atoms with E-state index in [0.29, 0.717) is 11.5 Å². The minimum Gasteiger partial charge on any atom is -0.364 e. The van der Waals surface area contributed by atoms with Crippen LogP contribution in [0.25, 0.3) is 0 Å². The average molecular weight is 191 g/mol. The molecule has 0 radical (unpaired) electrons. The first kappa shape index (κ1) is 10.4. The first-order chi connectivity index (χ1) is 6.65. The minimum absolute atomic E-state index is 0.0106. The summed E-state index contributed by atoms with van der Waals surface area (Å²) in [5.74, 6) is 0.486. The summed E-state index contributed by atoms with van der Waals surface area (Å²) in [6.45, 7) is 3.82. The number of aromatic nitrogens is 2. The van der Waals surface area contributed by atoms with Gasteiger partial charge < -0.3 is 11.1 Å². The third kappa shape index (κ3) is 2.41. The van der Waals surface area contributed by atoms with Crippen LogP contribution in [0.4, 0.5) is 5.82 Å². The summed E-state index contributed by atoms with van der Waals surface area (Å²) in [5, 5.41) is 11.8. The molecule has 0 saturated heterocycles. The Labute approximate surface area is 83.0 Å². The molecule has 3 N–H and O–H groups in total. The van der Waals surface area contributed by atoms with Crippen molar-refractivity contribution in [3.05, 3.63) is 18.1 Å². The molecule has 1 rings (SSSR count). The quantitative estimate of drug-likeness (QED) is 0.726. The fourth-order valence-corrected chi connectivity index (χ4v) is 0.873. The van der Waals surface area contributed by atoms with E-state index in [2.05, 4.69) is 15.3 Å². The van der Waals surface area contributed by atoms with E-state index in [1.807, 2.05) is 19.9 Å². The molecule has 0 amide bonds. The van der Waals surface area contributed by atoms with Crippen LogP contribution in [0.1, 0.15) is 19.5 Å². The Morgan fingerprint density at radius 1 is 1.43 bits per heavy atom. The van der Waals surface area contributed by atoms with E-state index in [9.17, 15) is 0 Å². The molecule has 2 unspecified atom stereocenters. The third-order valence-electron chi connectivity index (χ3n) is 1.96. The molecule has 5 nitrogen and oxygen atoms in total. The Morgan fingerprint density at radius 2 is 2.07 bits per heavy atom. The molecule has 0 spiro atoms. The molecule has 2 atom stereocenters. The van der Waals surface area contributed by atoms with E-state index in [1.165, 1.54) is 12.4 Å². The van der Waals surface area contributed by atoms with Crippen LogP contribution in [0.5, 0.6) is 0 Å². The SMILES string of the molecule is CC(N)C(C)Nc1nccnc1C#N. The number of hydrogen-bond donors (Lipinski definition) is 2. The Balaban J connectivity index is 2.82. The summed E-state index contributed by atoms with van der Waals surface area (Å²) in [5.41, 5.74) is 5.97. The van der Waals surface area contributed by atoms with Crippen molar-refractivity contribution in [1.29, 1.82) is 5.26 Å². The predicted molar refractivity (Wildman–Crippen MR) is 53.5 cm³/mol. The van der Waals surface area contributed by atoms with Crippen molar-refractivity contribution in [3.8, 4) is 6.07 Å². The van der Waals surface area contributed by atoms with Crippen LogP contribution in [-0.2, 0) is 0 Å². The zero-order valence-electron chi connectivity index (χ0n) is 8.23. The summed E-state index contributed by atoms with van der Waals surface area (Å²) in [6.07, 6.45) is 3.03. The van der Waals surface area contributed by atoms with Crippen molar-refractivity contribution in [3.63, 3.8) is 0 Å². The molecule has 0 fully saturated rings. The standard InChI is InChI=1S/C9H13N5/c1-6(11)7(2)14-9-8(5-10)12-3-4-13-9/h3-4,6-7H,11H2,1-2H3,(H,13,14). The maximum atomic E-state index is 8.75. The fourth-order valence-electron chi connectivity index (χ4n) is 0.873. The molecule has 5 heteroatoms. The number of nitrogens with zero attached hydrogens (tertiary/aromatic N) is 3. The van der Waals surface area contributed by atoms with Crippen molar-refractivity contribution >= 4 is 5.82 Å². The van der Waals surface area contributed by atoms with Gasteiger partial charge in [-0.3, -0.25) is 0 Å². The molecule has 0 aliphatic rings. The normalized spacial score (nSPS) is 14.1. The number of nitriles is 1. The summed E-state index contributed by atoms with van der Waals surface area (Å²) in [4.78, 5) is 7.90. The van der Waals surface area contributed by atoms with Gasteiger partial charge in [-0.15, -0.1) is 0 Å². The minimum atomic E-state index is -0.0106. The maximum Gasteiger partial charge on any atom is 0.182 e. The molecular formula is C9H13N5. The molecule has 1 heterocycles. The summed E-state index contributed by atoms with van der Waals surface area (Å²) in [6, 6.07) is 2.01. The molecule has 74 valence electrons. The topological polar surface area (TPSA) is 87.6 Å². The highest BCUT2D eigenvalue weighted by Crippen LogP contribution is 2.08. The van der Waals surface area contributed by atoms with Crippen molar-refractivity contribution in [2.45, 2.75) is 25.9 Å². The number of nitrogens with two attached hydrogens (primary N) is 1. The van der Waals surface area contributed by atoms with Crippen molar-refractivity contribution in [2.75, 3.05) is 5.32 Å². The van der Waals surface area contributed by atoms with Gasteiger partial charge in [0.05, 0.1) is 0 Å². The monoisotopic (exact) mass is 191 g/mol. The largest absolute Gasteiger partial charge is 0.364 e. The van der Waals surface area contributed by atoms with Gasteiger partial charge in [0.15, 0.2) is 11.5 Å². The van der Waals surface area contributed by atoms with Gasteiger partial charge in [0.1, 0.15) is 6.07 Å². The molecule has 0 saturated carbocycles. The zero-order valence-corrected chi connectivity index (χ0v) is 8.23. The molecule has 0 bridgehead atoms. The number of rotatable bonds is 3. The van der Waals surface area contributed by atoms with E-state index in [0.717, 1.165) is 0 Å². The summed E-state index contributed by atoms with van der Waals surface area (Å²) >= 11 is 0. The molecule has 1 aromatic rings. The second-order valence-corrected chi connectivity index (χ2v) is 3.16. The highest BCUT2D eigenvalue weighted by Gasteiger charge is 2.10. The Bertz CT molecular complexity index is 341. The molecule has 1 aromatic heterocycles. The van der Waals surface area contributed by atoms with Gasteiger partial charge in [-0.2, -0.15) is 5.26 Å². The first-order valence-electron chi connectivity index (χ1n) is 4.38. The Morgan fingerprint density at radius 3 is 2.64 bits per heavy atom. The van der Waals surface area contributed by atoms with E-state index in [4.69, 9.17) is 11.0 Å². The number of anilines is 1. The van der Waals surface area contributed by atoms with Gasteiger partial charge in [-0.25, -0.2) is 9.97 Å². The molecule has 0 aliphatic heterocycles. The van der Waals surface area contributed by atoms with E-state index < -0.39 is 0 Å². The van der Waals surface area contributed by atoms with Crippen LogP contribution in [0, 0.1) is 11.3 Å². The van der Waals surface area contributed by atoms with Gasteiger partial charge in [0, 0.05) is 24.5 Å². The second-order valence-electron chi connectivity index (χ2n) is 3.16. The average Bonchev–Trinajstić information content (AvgIpc) is 2.18. The van der Waals surface area contributed by atoms with Crippen LogP contribution in [0.2, 0.25) is 0 Å². The molecule has 14 heavy (non-hydrogen) atoms. The van der Waals surface area contributed by atoms with Crippen LogP contribution in [0.3, 0.4) is 0 Å². The lowest BCUT2D eigenvalue weighted by molar-refractivity contribution is 0.635. The summed E-state index contributed by atoms with van der Waals surface area (Å²) < 4.78 is 0.